The molecule has 0 fully saturated rings. The van der Waals surface area contributed by atoms with Crippen LogP contribution in [0.25, 0.3) is 0 Å². The lowest BCUT2D eigenvalue weighted by atomic mass is 10.2. The first-order valence-electron chi connectivity index (χ1n) is 3.20. The van der Waals surface area contributed by atoms with Crippen LogP contribution in [0.2, 0.25) is 0 Å². The van der Waals surface area contributed by atoms with Gasteiger partial charge in [0.05, 0.1) is 12.7 Å². The Kier molecular flexibility index (Phi) is 2.28. The highest BCUT2D eigenvalue weighted by Gasteiger charge is 2.09. The second kappa shape index (κ2) is 3.21. The Hall–Kier alpha value is -1.58. The molecule has 0 atom stereocenters. The van der Waals surface area contributed by atoms with Gasteiger partial charge in [0.1, 0.15) is 17.3 Å². The summed E-state index contributed by atoms with van der Waals surface area (Å²) in [6.07, 6.45) is 0.410. The van der Waals surface area contributed by atoms with Crippen LogP contribution in [0.1, 0.15) is 10.4 Å². The summed E-state index contributed by atoms with van der Waals surface area (Å²) in [6.45, 7) is 0. The molecule has 1 aromatic carbocycles. The second-order valence-electron chi connectivity index (χ2n) is 2.16. The van der Waals surface area contributed by atoms with Crippen molar-refractivity contribution in [2.75, 3.05) is 7.11 Å². The van der Waals surface area contributed by atoms with Gasteiger partial charge >= 0.3 is 0 Å². The molecule has 0 spiro atoms. The van der Waals surface area contributed by atoms with Gasteiger partial charge in [-0.3, -0.25) is 4.79 Å². The summed E-state index contributed by atoms with van der Waals surface area (Å²) in [4.78, 5) is 10.4. The van der Waals surface area contributed by atoms with Gasteiger partial charge in [0.2, 0.25) is 0 Å². The molecule has 0 aromatic heterocycles. The summed E-state index contributed by atoms with van der Waals surface area (Å²) in [7, 11) is 1.29. The maximum absolute atomic E-state index is 12.6. The molecule has 0 aliphatic carbocycles. The highest BCUT2D eigenvalue weighted by molar-refractivity contribution is 5.83. The summed E-state index contributed by atoms with van der Waals surface area (Å²) in [5, 5.41) is 9.05. The third-order valence-corrected chi connectivity index (χ3v) is 1.42. The molecule has 0 unspecified atom stereocenters. The number of carbonyl (C=O) groups is 1. The minimum Gasteiger partial charge on any atom is -0.507 e. The molecule has 0 bridgehead atoms. The Morgan fingerprint density at radius 2 is 2.25 bits per heavy atom. The topological polar surface area (TPSA) is 46.5 Å². The summed E-state index contributed by atoms with van der Waals surface area (Å²) < 4.78 is 17.2. The number of carbonyl (C=O) groups excluding carboxylic acids is 1. The van der Waals surface area contributed by atoms with Gasteiger partial charge in [-0.1, -0.05) is 0 Å². The zero-order chi connectivity index (χ0) is 9.14. The number of phenolic OH excluding ortho intramolecular Hbond substituents is 1. The normalized spacial score (nSPS) is 9.50. The first-order chi connectivity index (χ1) is 5.69. The van der Waals surface area contributed by atoms with Crippen molar-refractivity contribution >= 4 is 6.29 Å². The average molecular weight is 170 g/mol. The molecule has 0 radical (unpaired) electrons. The molecule has 0 heterocycles. The minimum absolute atomic E-state index is 0.0301. The van der Waals surface area contributed by atoms with Crippen molar-refractivity contribution in [2.24, 2.45) is 0 Å². The maximum atomic E-state index is 12.6. The number of halogens is 1. The molecule has 0 saturated carbocycles. The molecule has 12 heavy (non-hydrogen) atoms. The van der Waals surface area contributed by atoms with E-state index >= 15 is 0 Å². The van der Waals surface area contributed by atoms with Crippen LogP contribution in [-0.4, -0.2) is 18.5 Å². The monoisotopic (exact) mass is 170 g/mol. The van der Waals surface area contributed by atoms with Crippen molar-refractivity contribution < 1.29 is 19.0 Å². The third-order valence-electron chi connectivity index (χ3n) is 1.42. The zero-order valence-corrected chi connectivity index (χ0v) is 6.37. The molecule has 1 aromatic rings. The molecule has 0 aliphatic heterocycles. The lowest BCUT2D eigenvalue weighted by Gasteiger charge is -2.04. The van der Waals surface area contributed by atoms with E-state index in [9.17, 15) is 9.18 Å². The number of hydrogen-bond acceptors (Lipinski definition) is 3. The third kappa shape index (κ3) is 1.37. The Labute approximate surface area is 68.4 Å². The van der Waals surface area contributed by atoms with Gasteiger partial charge in [-0.15, -0.1) is 0 Å². The van der Waals surface area contributed by atoms with Gasteiger partial charge < -0.3 is 9.84 Å². The number of rotatable bonds is 2. The summed E-state index contributed by atoms with van der Waals surface area (Å²) in [5.41, 5.74) is -0.0427. The number of aldehydes is 1. The van der Waals surface area contributed by atoms with E-state index in [2.05, 4.69) is 4.74 Å². The van der Waals surface area contributed by atoms with E-state index in [-0.39, 0.29) is 11.3 Å². The smallest absolute Gasteiger partial charge is 0.157 e. The molecule has 0 saturated heterocycles. The Bertz CT molecular complexity index is 309. The second-order valence-corrected chi connectivity index (χ2v) is 2.16. The highest BCUT2D eigenvalue weighted by Crippen LogP contribution is 2.26. The van der Waals surface area contributed by atoms with Gasteiger partial charge in [0.25, 0.3) is 0 Å². The van der Waals surface area contributed by atoms with Crippen molar-refractivity contribution in [3.05, 3.63) is 23.5 Å². The highest BCUT2D eigenvalue weighted by atomic mass is 19.1. The molecular weight excluding hydrogens is 163 g/mol. The Balaban J connectivity index is 3.33. The van der Waals surface area contributed by atoms with Crippen molar-refractivity contribution in [3.63, 3.8) is 0 Å². The van der Waals surface area contributed by atoms with E-state index < -0.39 is 11.6 Å². The number of methoxy groups -OCH3 is 1. The van der Waals surface area contributed by atoms with Gasteiger partial charge in [-0.2, -0.15) is 0 Å². The van der Waals surface area contributed by atoms with Gasteiger partial charge in [0.15, 0.2) is 6.29 Å². The van der Waals surface area contributed by atoms with Crippen molar-refractivity contribution in [1.29, 1.82) is 0 Å². The predicted molar refractivity (Wildman–Crippen MR) is 40.0 cm³/mol. The fraction of sp³-hybridized carbons (Fsp3) is 0.125. The van der Waals surface area contributed by atoms with Crippen LogP contribution in [-0.2, 0) is 0 Å². The molecule has 1 rings (SSSR count). The van der Waals surface area contributed by atoms with Crippen LogP contribution < -0.4 is 4.74 Å². The van der Waals surface area contributed by atoms with Crippen LogP contribution in [0.4, 0.5) is 4.39 Å². The van der Waals surface area contributed by atoms with Crippen molar-refractivity contribution in [3.8, 4) is 11.5 Å². The van der Waals surface area contributed by atoms with Crippen molar-refractivity contribution in [2.45, 2.75) is 0 Å². The molecule has 3 nitrogen and oxygen atoms in total. The van der Waals surface area contributed by atoms with Gasteiger partial charge in [0, 0.05) is 12.1 Å². The molecule has 64 valence electrons. The van der Waals surface area contributed by atoms with E-state index in [4.69, 9.17) is 5.11 Å². The number of ether oxygens (including phenoxy) is 1. The number of phenols is 1. The summed E-state index contributed by atoms with van der Waals surface area (Å²) >= 11 is 0. The maximum Gasteiger partial charge on any atom is 0.157 e. The van der Waals surface area contributed by atoms with Gasteiger partial charge in [-0.05, 0) is 0 Å². The molecule has 0 amide bonds. The van der Waals surface area contributed by atoms with Crippen LogP contribution in [0.15, 0.2) is 12.1 Å². The zero-order valence-electron chi connectivity index (χ0n) is 6.37. The summed E-state index contributed by atoms with van der Waals surface area (Å²) in [6, 6.07) is 1.88. The lowest BCUT2D eigenvalue weighted by Crippen LogP contribution is -1.92. The van der Waals surface area contributed by atoms with E-state index in [1.54, 1.807) is 0 Å². The molecule has 4 heteroatoms. The first-order valence-corrected chi connectivity index (χ1v) is 3.20. The molecule has 0 aliphatic rings. The fourth-order valence-electron chi connectivity index (χ4n) is 0.867. The van der Waals surface area contributed by atoms with E-state index in [1.165, 1.54) is 7.11 Å². The lowest BCUT2D eigenvalue weighted by molar-refractivity contribution is 0.111. The number of benzene rings is 1. The number of aromatic hydroxyl groups is 1. The van der Waals surface area contributed by atoms with E-state index in [1.807, 2.05) is 0 Å². The molecule has 1 N–H and O–H groups in total. The Morgan fingerprint density at radius 1 is 1.58 bits per heavy atom. The van der Waals surface area contributed by atoms with E-state index in [0.717, 1.165) is 12.1 Å². The Morgan fingerprint density at radius 3 is 2.75 bits per heavy atom. The van der Waals surface area contributed by atoms with Crippen LogP contribution >= 0.6 is 0 Å². The quantitative estimate of drug-likeness (QED) is 0.681. The number of hydrogen-bond donors (Lipinski definition) is 1. The van der Waals surface area contributed by atoms with Crippen LogP contribution in [0, 0.1) is 5.82 Å². The SMILES string of the molecule is COc1cc(F)cc(O)c1C=O. The largest absolute Gasteiger partial charge is 0.507 e. The average Bonchev–Trinajstić information content (AvgIpc) is 2.03. The van der Waals surface area contributed by atoms with Crippen LogP contribution in [0.3, 0.4) is 0 Å². The minimum atomic E-state index is -0.644. The van der Waals surface area contributed by atoms with Crippen LogP contribution in [0.5, 0.6) is 11.5 Å². The standard InChI is InChI=1S/C8H7FO3/c1-12-8-3-5(9)2-7(11)6(8)4-10/h2-4,11H,1H3. The fourth-order valence-corrected chi connectivity index (χ4v) is 0.867. The van der Waals surface area contributed by atoms with Gasteiger partial charge in [-0.25, -0.2) is 4.39 Å². The molecular formula is C8H7FO3. The van der Waals surface area contributed by atoms with E-state index in [0.29, 0.717) is 6.29 Å². The first kappa shape index (κ1) is 8.52. The summed E-state index contributed by atoms with van der Waals surface area (Å²) in [5.74, 6) is -1.03. The van der Waals surface area contributed by atoms with Crippen molar-refractivity contribution in [1.82, 2.24) is 0 Å². The predicted octanol–water partition coefficient (Wildman–Crippen LogP) is 1.35.